The first-order valence-corrected chi connectivity index (χ1v) is 14.9. The summed E-state index contributed by atoms with van der Waals surface area (Å²) in [5.41, 5.74) is -5.08. The Bertz CT molecular complexity index is 1360. The maximum atomic E-state index is 14.6. The topological polar surface area (TPSA) is 170 Å². The number of hydrogen-bond donors (Lipinski definition) is 3. The third-order valence-corrected chi connectivity index (χ3v) is 11.2. The zero-order valence-corrected chi connectivity index (χ0v) is 25.7. The molecule has 11 nitrogen and oxygen atoms in total. The van der Waals surface area contributed by atoms with Crippen LogP contribution in [0.1, 0.15) is 78.9 Å². The van der Waals surface area contributed by atoms with Gasteiger partial charge in [0.25, 0.3) is 0 Å². The van der Waals surface area contributed by atoms with Gasteiger partial charge >= 0.3 is 17.9 Å². The molecule has 236 valence electrons. The summed E-state index contributed by atoms with van der Waals surface area (Å²) in [4.78, 5) is 53.8. The molecule has 1 saturated heterocycles. The molecule has 0 radical (unpaired) electrons. The van der Waals surface area contributed by atoms with Gasteiger partial charge in [-0.2, -0.15) is 0 Å². The van der Waals surface area contributed by atoms with Crippen LogP contribution < -0.4 is 0 Å². The first kappa shape index (κ1) is 31.4. The number of ketones is 1. The second kappa shape index (κ2) is 10.3. The van der Waals surface area contributed by atoms with Crippen molar-refractivity contribution >= 4 is 23.7 Å². The fourth-order valence-corrected chi connectivity index (χ4v) is 8.88. The van der Waals surface area contributed by atoms with Crippen molar-refractivity contribution in [2.75, 3.05) is 7.11 Å². The molecule has 10 atom stereocenters. The molecule has 43 heavy (non-hydrogen) atoms. The van der Waals surface area contributed by atoms with E-state index in [1.54, 1.807) is 40.7 Å². The number of hydrogen-bond acceptors (Lipinski definition) is 11. The van der Waals surface area contributed by atoms with Crippen LogP contribution in [0.25, 0.3) is 0 Å². The van der Waals surface area contributed by atoms with Gasteiger partial charge in [0.05, 0.1) is 32.0 Å². The molecule has 0 aromatic carbocycles. The van der Waals surface area contributed by atoms with Crippen molar-refractivity contribution in [3.63, 3.8) is 0 Å². The van der Waals surface area contributed by atoms with Crippen molar-refractivity contribution < 1.29 is 53.1 Å². The number of fused-ring (bicyclic) bond motifs is 5. The SMILES string of the molecule is CCC(C)C(=O)O[C@H]1C(C)(C)[C@H]([C@@H](O)C(=O)OC)[C@]2(C)C(=O)[C@@]1(O)[C@@H](O)C1=C3CC(=O)O[C@@H](c4ccoc4)[C@]3(C)CC[C@@H]12. The summed E-state index contributed by atoms with van der Waals surface area (Å²) >= 11 is 0. The number of furan rings is 1. The normalized spacial score (nSPS) is 39.6. The second-order valence-corrected chi connectivity index (χ2v) is 13.8. The molecule has 11 heteroatoms. The lowest BCUT2D eigenvalue weighted by molar-refractivity contribution is -0.265. The Morgan fingerprint density at radius 3 is 2.42 bits per heavy atom. The van der Waals surface area contributed by atoms with E-state index in [1.165, 1.54) is 12.5 Å². The van der Waals surface area contributed by atoms with Crippen LogP contribution in [0.2, 0.25) is 0 Å². The number of ether oxygens (including phenoxy) is 3. The van der Waals surface area contributed by atoms with Gasteiger partial charge in [0.2, 0.25) is 0 Å². The Hall–Kier alpha value is -3.02. The Morgan fingerprint density at radius 2 is 1.84 bits per heavy atom. The van der Waals surface area contributed by atoms with Crippen molar-refractivity contribution in [1.29, 1.82) is 0 Å². The standard InChI is InChI=1S/C32H42O11/c1-8-15(2)25(36)43-28-29(3,4)22(21(34)26(37)40-7)31(6)17-9-11-30(5)18(20(17)23(35)32(28,39)27(31)38)13-19(33)42-24(30)16-10-12-41-14-16/h10,12,14-15,17,21-24,28,34-35,39H,8-9,11,13H2,1-7H3/t15?,17-,21+,22-,23-,24-,28-,30+,31+,32-/m0/s1. The molecule has 2 bridgehead atoms. The molecule has 2 heterocycles. The summed E-state index contributed by atoms with van der Waals surface area (Å²) in [6.45, 7) is 10.1. The van der Waals surface area contributed by atoms with Gasteiger partial charge in [-0.15, -0.1) is 0 Å². The number of rotatable bonds is 6. The third-order valence-electron chi connectivity index (χ3n) is 11.2. The van der Waals surface area contributed by atoms with Crippen molar-refractivity contribution in [2.24, 2.45) is 34.0 Å². The van der Waals surface area contributed by atoms with Gasteiger partial charge in [0.1, 0.15) is 18.3 Å². The number of aliphatic hydroxyl groups is 3. The van der Waals surface area contributed by atoms with E-state index in [0.29, 0.717) is 30.4 Å². The summed E-state index contributed by atoms with van der Waals surface area (Å²) < 4.78 is 21.9. The van der Waals surface area contributed by atoms with Crippen LogP contribution in [0, 0.1) is 34.0 Å². The second-order valence-electron chi connectivity index (χ2n) is 13.8. The van der Waals surface area contributed by atoms with Gasteiger partial charge in [0, 0.05) is 27.7 Å². The molecule has 0 spiro atoms. The number of cyclic esters (lactones) is 1. The molecule has 3 aliphatic carbocycles. The zero-order chi connectivity index (χ0) is 31.9. The molecular formula is C32H42O11. The van der Waals surface area contributed by atoms with Gasteiger partial charge in [0.15, 0.2) is 17.5 Å². The van der Waals surface area contributed by atoms with Crippen LogP contribution in [-0.2, 0) is 33.4 Å². The fraction of sp³-hybridized carbons (Fsp3) is 0.688. The van der Waals surface area contributed by atoms with Crippen LogP contribution in [0.5, 0.6) is 0 Å². The summed E-state index contributed by atoms with van der Waals surface area (Å²) in [6.07, 6.45) is -2.14. The molecule has 3 fully saturated rings. The highest BCUT2D eigenvalue weighted by atomic mass is 16.6. The van der Waals surface area contributed by atoms with Crippen molar-refractivity contribution in [3.8, 4) is 0 Å². The summed E-state index contributed by atoms with van der Waals surface area (Å²) in [6, 6.07) is 1.70. The van der Waals surface area contributed by atoms with E-state index >= 15 is 0 Å². The smallest absolute Gasteiger partial charge is 0.335 e. The first-order valence-electron chi connectivity index (χ1n) is 14.9. The van der Waals surface area contributed by atoms with Gasteiger partial charge in [-0.3, -0.25) is 14.4 Å². The number of carbonyl (C=O) groups excluding carboxylic acids is 4. The Labute approximate surface area is 250 Å². The van der Waals surface area contributed by atoms with Crippen molar-refractivity contribution in [2.45, 2.75) is 97.2 Å². The molecule has 5 rings (SSSR count). The number of esters is 3. The minimum Gasteiger partial charge on any atom is -0.472 e. The lowest BCUT2D eigenvalue weighted by Crippen LogP contribution is -2.80. The lowest BCUT2D eigenvalue weighted by atomic mass is 9.38. The number of Topliss-reactive ketones (excluding diaryl/α,β-unsaturated/α-hetero) is 1. The van der Waals surface area contributed by atoms with E-state index in [2.05, 4.69) is 0 Å². The van der Waals surface area contributed by atoms with E-state index in [1.807, 2.05) is 6.92 Å². The average Bonchev–Trinajstić information content (AvgIpc) is 3.50. The molecule has 1 aromatic rings. The maximum absolute atomic E-state index is 14.6. The Balaban J connectivity index is 1.78. The van der Waals surface area contributed by atoms with E-state index in [4.69, 9.17) is 18.6 Å². The van der Waals surface area contributed by atoms with Gasteiger partial charge in [-0.1, -0.05) is 41.5 Å². The minimum absolute atomic E-state index is 0.195. The predicted octanol–water partition coefficient (Wildman–Crippen LogP) is 2.81. The third kappa shape index (κ3) is 4.10. The fourth-order valence-electron chi connectivity index (χ4n) is 8.88. The van der Waals surface area contributed by atoms with Crippen molar-refractivity contribution in [3.05, 3.63) is 35.3 Å². The predicted molar refractivity (Wildman–Crippen MR) is 149 cm³/mol. The largest absolute Gasteiger partial charge is 0.472 e. The quantitative estimate of drug-likeness (QED) is 0.249. The molecule has 3 N–H and O–H groups in total. The van der Waals surface area contributed by atoms with Crippen LogP contribution in [0.3, 0.4) is 0 Å². The van der Waals surface area contributed by atoms with E-state index in [9.17, 15) is 34.5 Å². The van der Waals surface area contributed by atoms with Crippen molar-refractivity contribution in [1.82, 2.24) is 0 Å². The van der Waals surface area contributed by atoms with Crippen LogP contribution in [0.4, 0.5) is 0 Å². The van der Waals surface area contributed by atoms with E-state index in [-0.39, 0.29) is 12.0 Å². The average molecular weight is 603 g/mol. The molecule has 4 aliphatic rings. The van der Waals surface area contributed by atoms with Gasteiger partial charge < -0.3 is 33.9 Å². The van der Waals surface area contributed by atoms with Crippen LogP contribution >= 0.6 is 0 Å². The number of methoxy groups -OCH3 is 1. The monoisotopic (exact) mass is 602 g/mol. The minimum atomic E-state index is -2.64. The number of carbonyl (C=O) groups is 4. The lowest BCUT2D eigenvalue weighted by Gasteiger charge is -2.67. The van der Waals surface area contributed by atoms with E-state index < -0.39 is 87.7 Å². The van der Waals surface area contributed by atoms with Gasteiger partial charge in [-0.25, -0.2) is 4.79 Å². The summed E-state index contributed by atoms with van der Waals surface area (Å²) in [5, 5.41) is 36.2. The zero-order valence-electron chi connectivity index (χ0n) is 25.7. The molecule has 1 aliphatic heterocycles. The van der Waals surface area contributed by atoms with Gasteiger partial charge in [-0.05, 0) is 42.4 Å². The summed E-state index contributed by atoms with van der Waals surface area (Å²) in [5.74, 6) is -5.61. The highest BCUT2D eigenvalue weighted by Gasteiger charge is 2.78. The molecule has 1 unspecified atom stereocenters. The molecule has 1 aromatic heterocycles. The first-order chi connectivity index (χ1) is 20.0. The van der Waals surface area contributed by atoms with E-state index in [0.717, 1.165) is 7.11 Å². The van der Waals surface area contributed by atoms with Crippen LogP contribution in [0.15, 0.2) is 34.2 Å². The van der Waals surface area contributed by atoms with Crippen LogP contribution in [-0.4, -0.2) is 70.0 Å². The molecule has 2 saturated carbocycles. The highest BCUT2D eigenvalue weighted by molar-refractivity contribution is 5.99. The Kier molecular flexibility index (Phi) is 7.50. The highest BCUT2D eigenvalue weighted by Crippen LogP contribution is 2.69. The Morgan fingerprint density at radius 1 is 1.16 bits per heavy atom. The number of aliphatic hydroxyl groups excluding tert-OH is 2. The maximum Gasteiger partial charge on any atom is 0.335 e. The summed E-state index contributed by atoms with van der Waals surface area (Å²) in [7, 11) is 1.12. The molecule has 0 amide bonds. The molecular weight excluding hydrogens is 560 g/mol.